The number of hydrogen-bond acceptors (Lipinski definition) is 1. The lowest BCUT2D eigenvalue weighted by molar-refractivity contribution is -0.137. The van der Waals surface area contributed by atoms with E-state index in [0.29, 0.717) is 0 Å². The molecule has 0 saturated carbocycles. The Kier molecular flexibility index (Phi) is 14.8. The predicted molar refractivity (Wildman–Crippen MR) is 105 cm³/mol. The summed E-state index contributed by atoms with van der Waals surface area (Å²) in [5.41, 5.74) is 0.0719. The lowest BCUT2D eigenvalue weighted by Crippen LogP contribution is -2.02. The van der Waals surface area contributed by atoms with E-state index in [1.54, 1.807) is 0 Å². The maximum absolute atomic E-state index is 10.5. The zero-order valence-electron chi connectivity index (χ0n) is 16.4. The molecule has 24 heavy (non-hydrogen) atoms. The number of carboxylic acid groups (broad SMARTS) is 1. The molecular formula is C22H40O2. The van der Waals surface area contributed by atoms with Gasteiger partial charge in [-0.3, -0.25) is 4.79 Å². The van der Waals surface area contributed by atoms with E-state index in [-0.39, 0.29) is 11.8 Å². The van der Waals surface area contributed by atoms with Crippen LogP contribution in [0.3, 0.4) is 0 Å². The number of aliphatic carboxylic acids is 1. The van der Waals surface area contributed by atoms with Crippen molar-refractivity contribution in [3.8, 4) is 0 Å². The largest absolute Gasteiger partial charge is 0.481 e. The number of carboxylic acids is 1. The van der Waals surface area contributed by atoms with E-state index in [1.807, 2.05) is 0 Å². The summed E-state index contributed by atoms with van der Waals surface area (Å²) in [6, 6.07) is 0. The molecule has 0 aliphatic rings. The average Bonchev–Trinajstić information content (AvgIpc) is 2.52. The maximum Gasteiger partial charge on any atom is 0.303 e. The fourth-order valence-corrected chi connectivity index (χ4v) is 2.77. The summed E-state index contributed by atoms with van der Waals surface area (Å²) >= 11 is 0. The molecule has 2 nitrogen and oxygen atoms in total. The third kappa shape index (κ3) is 17.3. The molecule has 0 bridgehead atoms. The monoisotopic (exact) mass is 336 g/mol. The molecule has 0 saturated heterocycles. The van der Waals surface area contributed by atoms with Crippen LogP contribution in [0.2, 0.25) is 0 Å². The Morgan fingerprint density at radius 3 is 1.75 bits per heavy atom. The van der Waals surface area contributed by atoms with Gasteiger partial charge in [0.2, 0.25) is 0 Å². The smallest absolute Gasteiger partial charge is 0.303 e. The summed E-state index contributed by atoms with van der Waals surface area (Å²) in [4.78, 5) is 10.5. The quantitative estimate of drug-likeness (QED) is 0.237. The topological polar surface area (TPSA) is 37.3 Å². The van der Waals surface area contributed by atoms with Crippen LogP contribution in [-0.4, -0.2) is 11.1 Å². The minimum absolute atomic E-state index is 0.0719. The Morgan fingerprint density at radius 1 is 0.792 bits per heavy atom. The number of rotatable bonds is 16. The highest BCUT2D eigenvalue weighted by molar-refractivity contribution is 5.66. The molecule has 0 spiro atoms. The van der Waals surface area contributed by atoms with E-state index in [4.69, 9.17) is 5.11 Å². The molecule has 0 radical (unpaired) electrons. The van der Waals surface area contributed by atoms with Crippen LogP contribution in [0, 0.1) is 5.41 Å². The Hall–Kier alpha value is -1.05. The van der Waals surface area contributed by atoms with Crippen LogP contribution in [0.1, 0.15) is 104 Å². The summed E-state index contributed by atoms with van der Waals surface area (Å²) in [5, 5.41) is 8.61. The third-order valence-corrected chi connectivity index (χ3v) is 4.33. The first-order valence-electron chi connectivity index (χ1n) is 10.0. The number of carbonyl (C=O) groups is 1. The second kappa shape index (κ2) is 15.5. The highest BCUT2D eigenvalue weighted by atomic mass is 16.4. The molecule has 0 fully saturated rings. The van der Waals surface area contributed by atoms with Crippen molar-refractivity contribution >= 4 is 5.97 Å². The van der Waals surface area contributed by atoms with Crippen LogP contribution >= 0.6 is 0 Å². The van der Waals surface area contributed by atoms with Crippen molar-refractivity contribution in [3.63, 3.8) is 0 Å². The second-order valence-corrected chi connectivity index (χ2v) is 7.53. The average molecular weight is 337 g/mol. The lowest BCUT2D eigenvalue weighted by atomic mass is 9.91. The molecule has 0 amide bonds. The summed E-state index contributed by atoms with van der Waals surface area (Å²) in [6.07, 6.45) is 24.3. The first-order valence-corrected chi connectivity index (χ1v) is 10.0. The normalized spacial score (nSPS) is 12.5. The summed E-state index contributed by atoms with van der Waals surface area (Å²) in [6.45, 7) is 6.67. The van der Waals surface area contributed by atoms with Crippen molar-refractivity contribution in [2.75, 3.05) is 0 Å². The molecule has 1 N–H and O–H groups in total. The van der Waals surface area contributed by atoms with Gasteiger partial charge in [0.05, 0.1) is 0 Å². The molecule has 0 aromatic heterocycles. The first kappa shape index (κ1) is 22.9. The molecule has 0 atom stereocenters. The van der Waals surface area contributed by atoms with Crippen LogP contribution in [0.4, 0.5) is 0 Å². The molecule has 0 unspecified atom stereocenters. The van der Waals surface area contributed by atoms with Crippen LogP contribution in [0.25, 0.3) is 0 Å². The van der Waals surface area contributed by atoms with E-state index >= 15 is 0 Å². The van der Waals surface area contributed by atoms with Crippen molar-refractivity contribution in [1.82, 2.24) is 0 Å². The van der Waals surface area contributed by atoms with E-state index < -0.39 is 5.97 Å². The zero-order valence-corrected chi connectivity index (χ0v) is 16.4. The molecule has 0 aliphatic heterocycles. The number of unbranched alkanes of at least 4 members (excludes halogenated alkanes) is 10. The van der Waals surface area contributed by atoms with Gasteiger partial charge in [0.25, 0.3) is 0 Å². The van der Waals surface area contributed by atoms with E-state index in [9.17, 15) is 4.79 Å². The summed E-state index contributed by atoms with van der Waals surface area (Å²) in [5.74, 6) is -0.705. The molecule has 0 rings (SSSR count). The van der Waals surface area contributed by atoms with Gasteiger partial charge in [0.1, 0.15) is 0 Å². The lowest BCUT2D eigenvalue weighted by Gasteiger charge is -2.14. The van der Waals surface area contributed by atoms with E-state index in [1.165, 1.54) is 64.2 Å². The fourth-order valence-electron chi connectivity index (χ4n) is 2.77. The zero-order chi connectivity index (χ0) is 18.1. The minimum atomic E-state index is -0.705. The van der Waals surface area contributed by atoms with Gasteiger partial charge in [-0.05, 0) is 25.7 Å². The highest BCUT2D eigenvalue weighted by Gasteiger charge is 2.07. The van der Waals surface area contributed by atoms with Crippen LogP contribution in [-0.2, 0) is 4.79 Å². The van der Waals surface area contributed by atoms with Gasteiger partial charge in [-0.2, -0.15) is 0 Å². The predicted octanol–water partition coefficient (Wildman–Crippen LogP) is 7.30. The van der Waals surface area contributed by atoms with Gasteiger partial charge in [-0.15, -0.1) is 0 Å². The molecule has 140 valence electrons. The van der Waals surface area contributed by atoms with Crippen molar-refractivity contribution in [2.45, 2.75) is 104 Å². The molecule has 0 aromatic rings. The molecule has 0 aromatic carbocycles. The van der Waals surface area contributed by atoms with Gasteiger partial charge in [-0.1, -0.05) is 96.4 Å². The molecule has 0 heterocycles. The van der Waals surface area contributed by atoms with Gasteiger partial charge in [-0.25, -0.2) is 0 Å². The Labute approximate surface area is 150 Å². The van der Waals surface area contributed by atoms with Gasteiger partial charge >= 0.3 is 5.97 Å². The molecule has 2 heteroatoms. The van der Waals surface area contributed by atoms with Crippen molar-refractivity contribution in [2.24, 2.45) is 5.41 Å². The minimum Gasteiger partial charge on any atom is -0.481 e. The Morgan fingerprint density at radius 2 is 1.25 bits per heavy atom. The van der Waals surface area contributed by atoms with Crippen LogP contribution < -0.4 is 0 Å². The van der Waals surface area contributed by atoms with Gasteiger partial charge in [0, 0.05) is 11.8 Å². The van der Waals surface area contributed by atoms with E-state index in [0.717, 1.165) is 12.8 Å². The maximum atomic E-state index is 10.5. The second-order valence-electron chi connectivity index (χ2n) is 7.53. The number of hydrogen-bond donors (Lipinski definition) is 1. The molecule has 0 aliphatic carbocycles. The van der Waals surface area contributed by atoms with Crippen molar-refractivity contribution < 1.29 is 9.90 Å². The van der Waals surface area contributed by atoms with Crippen molar-refractivity contribution in [3.05, 3.63) is 24.3 Å². The van der Waals surface area contributed by atoms with Crippen LogP contribution in [0.15, 0.2) is 24.3 Å². The fraction of sp³-hybridized carbons (Fsp3) is 0.773. The Bertz CT molecular complexity index is 353. The van der Waals surface area contributed by atoms with Crippen LogP contribution in [0.5, 0.6) is 0 Å². The standard InChI is InChI=1S/C22H40O2/c1-4-5-6-7-8-9-10-11-12-13-16-19-22(2,3)20-17-14-15-18-21(23)24/h16-17,19-20H,4-15,18H2,1-3H3,(H,23,24)/b19-16+,20-17+. The highest BCUT2D eigenvalue weighted by Crippen LogP contribution is 2.20. The summed E-state index contributed by atoms with van der Waals surface area (Å²) < 4.78 is 0. The van der Waals surface area contributed by atoms with Crippen molar-refractivity contribution in [1.29, 1.82) is 0 Å². The number of allylic oxidation sites excluding steroid dienone is 4. The SMILES string of the molecule is CCCCCCCCCCC/C=C/C(C)(C)/C=C/CCCC(=O)O. The summed E-state index contributed by atoms with van der Waals surface area (Å²) in [7, 11) is 0. The van der Waals surface area contributed by atoms with Gasteiger partial charge < -0.3 is 5.11 Å². The Balaban J connectivity index is 3.59. The first-order chi connectivity index (χ1) is 11.5. The van der Waals surface area contributed by atoms with E-state index in [2.05, 4.69) is 45.1 Å². The molecular weight excluding hydrogens is 296 g/mol. The van der Waals surface area contributed by atoms with Gasteiger partial charge in [0.15, 0.2) is 0 Å². The third-order valence-electron chi connectivity index (χ3n) is 4.33.